The minimum Gasteiger partial charge on any atom is -0.508 e. The van der Waals surface area contributed by atoms with E-state index in [1.54, 1.807) is 37.6 Å². The molecule has 1 saturated heterocycles. The molecule has 3 aromatic heterocycles. The second-order valence-electron chi connectivity index (χ2n) is 20.5. The van der Waals surface area contributed by atoms with Crippen LogP contribution in [0.25, 0.3) is 33.3 Å². The first-order chi connectivity index (χ1) is 34.3. The molecular formula is C56H70N8O8. The Morgan fingerprint density at radius 3 is 2.50 bits per heavy atom. The number of phenolic OH excluding ortho intramolecular Hbond substituents is 1. The molecule has 2 aliphatic heterocycles. The lowest BCUT2D eigenvalue weighted by atomic mass is 9.84. The Kier molecular flexibility index (Phi) is 16.8. The van der Waals surface area contributed by atoms with Crippen molar-refractivity contribution in [2.75, 3.05) is 47.9 Å². The first kappa shape index (κ1) is 53.1. The maximum atomic E-state index is 14.8. The molecule has 3 N–H and O–H groups in total. The molecule has 16 heteroatoms. The fourth-order valence-electron chi connectivity index (χ4n) is 9.87. The number of amides is 3. The molecule has 7 rings (SSSR count). The van der Waals surface area contributed by atoms with Crippen molar-refractivity contribution in [3.63, 3.8) is 0 Å². The number of nitrogens with zero attached hydrogens (tertiary/aromatic N) is 6. The number of methoxy groups -OCH3 is 1. The van der Waals surface area contributed by atoms with Crippen LogP contribution in [0, 0.1) is 11.3 Å². The van der Waals surface area contributed by atoms with E-state index in [-0.39, 0.29) is 49.3 Å². The van der Waals surface area contributed by atoms with Crippen LogP contribution in [0.15, 0.2) is 85.2 Å². The maximum absolute atomic E-state index is 14.8. The van der Waals surface area contributed by atoms with Gasteiger partial charge in [0.25, 0.3) is 11.8 Å². The quantitative estimate of drug-likeness (QED) is 0.0775. The van der Waals surface area contributed by atoms with Gasteiger partial charge in [-0.05, 0) is 129 Å². The van der Waals surface area contributed by atoms with E-state index < -0.39 is 53.1 Å². The van der Waals surface area contributed by atoms with Gasteiger partial charge in [-0.3, -0.25) is 38.9 Å². The fraction of sp³-hybridized carbons (Fsp3) is 0.446. The number of aryl methyl sites for hydroxylation is 1. The number of nitrogens with one attached hydrogen (secondary N) is 2. The average molecular weight is 983 g/mol. The number of carbonyl (C=O) groups excluding carboxylic acids is 5. The Bertz CT molecular complexity index is 2830. The molecule has 6 bridgehead atoms. The smallest absolute Gasteiger partial charge is 0.324 e. The lowest BCUT2D eigenvalue weighted by Gasteiger charge is -2.36. The highest BCUT2D eigenvalue weighted by Gasteiger charge is 2.38. The number of fused-ring (bicyclic) bond motifs is 6. The molecule has 72 heavy (non-hydrogen) atoms. The lowest BCUT2D eigenvalue weighted by molar-refractivity contribution is -0.155. The highest BCUT2D eigenvalue weighted by atomic mass is 16.5. The molecule has 4 atom stereocenters. The zero-order chi connectivity index (χ0) is 52.0. The van der Waals surface area contributed by atoms with Gasteiger partial charge in [0.1, 0.15) is 29.6 Å². The molecule has 0 spiro atoms. The standard InChI is InChI=1S/C56H70N8O8/c1-11-63-48-21-19-38-30-43(48)44(51(63)42-16-12-22-57-49(42)35(4)71-10)31-56(5,6)33-72-55(70)46-17-14-24-64(60-46)54(69)47(28-37-25-39(38)29-41(66)27-37)59-52(67)50(34(2)3)62(9)53(68)45-20-18-36(32-58-45)26-40(65)15-13-23-61(7)8/h12-13,15-16,18-22,25,27,29-30,32,34-35,46-47,50,60,66H,11,14,17,23-24,26,28,31,33H2,1-10H3,(H,59,67)/b15-13+/t35-,46-,47-,50-/m0/s1. The minimum absolute atomic E-state index is 0.0239. The topological polar surface area (TPSA) is 189 Å². The molecule has 5 heterocycles. The van der Waals surface area contributed by atoms with Crippen LogP contribution in [0.5, 0.6) is 5.75 Å². The number of hydrazine groups is 1. The number of carbonyl (C=O) groups is 5. The van der Waals surface area contributed by atoms with Crippen molar-refractivity contribution < 1.29 is 38.6 Å². The Morgan fingerprint density at radius 2 is 1.81 bits per heavy atom. The lowest BCUT2D eigenvalue weighted by Crippen LogP contribution is -2.62. The number of cyclic esters (lactones) is 1. The number of benzene rings is 2. The molecule has 0 saturated carbocycles. The first-order valence-electron chi connectivity index (χ1n) is 24.9. The van der Waals surface area contributed by atoms with Crippen LogP contribution in [0.1, 0.15) is 93.4 Å². The van der Waals surface area contributed by atoms with E-state index in [0.29, 0.717) is 49.0 Å². The number of esters is 1. The highest BCUT2D eigenvalue weighted by Crippen LogP contribution is 2.42. The molecule has 0 unspecified atom stereocenters. The molecule has 1 fully saturated rings. The van der Waals surface area contributed by atoms with Gasteiger partial charge in [0.15, 0.2) is 5.78 Å². The number of pyridine rings is 2. The zero-order valence-electron chi connectivity index (χ0n) is 43.3. The Hall–Kier alpha value is -6.75. The van der Waals surface area contributed by atoms with Crippen LogP contribution >= 0.6 is 0 Å². The number of phenols is 1. The van der Waals surface area contributed by atoms with E-state index in [1.807, 2.05) is 58.0 Å². The van der Waals surface area contributed by atoms with Crippen LogP contribution in [0.4, 0.5) is 0 Å². The number of ether oxygens (including phenoxy) is 2. The third-order valence-corrected chi connectivity index (χ3v) is 13.5. The first-order valence-corrected chi connectivity index (χ1v) is 24.9. The van der Waals surface area contributed by atoms with Gasteiger partial charge in [0, 0.05) is 80.9 Å². The SMILES string of the molecule is CCn1c(-c2cccnc2[C@H](C)OC)c2c3cc(ccc31)-c1cc(O)cc(c1)C[C@H](NC(=O)[C@H](C(C)C)N(C)C(=O)c1ccc(CC(=O)/C=C/CN(C)C)cn1)C(=O)N1CCC[C@H](N1)C(=O)OCC(C)(C)C2. The molecule has 16 nitrogen and oxygen atoms in total. The number of aromatic nitrogens is 3. The van der Waals surface area contributed by atoms with Crippen molar-refractivity contribution in [2.45, 2.75) is 104 Å². The molecule has 382 valence electrons. The van der Waals surface area contributed by atoms with Crippen LogP contribution in [-0.4, -0.2) is 130 Å². The largest absolute Gasteiger partial charge is 0.508 e. The summed E-state index contributed by atoms with van der Waals surface area (Å²) in [5.74, 6) is -2.61. The van der Waals surface area contributed by atoms with Crippen molar-refractivity contribution in [2.24, 2.45) is 11.3 Å². The summed E-state index contributed by atoms with van der Waals surface area (Å²) in [7, 11) is 7.02. The van der Waals surface area contributed by atoms with Crippen molar-refractivity contribution in [1.82, 2.24) is 40.1 Å². The summed E-state index contributed by atoms with van der Waals surface area (Å²) >= 11 is 0. The predicted octanol–water partition coefficient (Wildman–Crippen LogP) is 6.87. The minimum atomic E-state index is -1.20. The van der Waals surface area contributed by atoms with Gasteiger partial charge in [0.2, 0.25) is 5.91 Å². The van der Waals surface area contributed by atoms with Gasteiger partial charge < -0.3 is 34.3 Å². The van der Waals surface area contributed by atoms with Crippen LogP contribution < -0.4 is 10.7 Å². The van der Waals surface area contributed by atoms with E-state index in [1.165, 1.54) is 35.3 Å². The van der Waals surface area contributed by atoms with Gasteiger partial charge >= 0.3 is 5.97 Å². The summed E-state index contributed by atoms with van der Waals surface area (Å²) in [6.07, 6.45) is 7.82. The van der Waals surface area contributed by atoms with Gasteiger partial charge in [0.05, 0.1) is 24.1 Å². The monoisotopic (exact) mass is 983 g/mol. The third-order valence-electron chi connectivity index (χ3n) is 13.5. The van der Waals surface area contributed by atoms with E-state index >= 15 is 0 Å². The highest BCUT2D eigenvalue weighted by molar-refractivity contribution is 5.98. The van der Waals surface area contributed by atoms with Crippen molar-refractivity contribution in [1.29, 1.82) is 0 Å². The molecule has 0 radical (unpaired) electrons. The van der Waals surface area contributed by atoms with Gasteiger partial charge in [-0.1, -0.05) is 52.0 Å². The number of likely N-dealkylation sites (N-methyl/N-ethyl adjacent to an activating group) is 2. The van der Waals surface area contributed by atoms with Crippen molar-refractivity contribution in [3.8, 4) is 28.1 Å². The van der Waals surface area contributed by atoms with Crippen LogP contribution in [0.2, 0.25) is 0 Å². The summed E-state index contributed by atoms with van der Waals surface area (Å²) in [6.45, 7) is 13.5. The zero-order valence-corrected chi connectivity index (χ0v) is 43.3. The second-order valence-corrected chi connectivity index (χ2v) is 20.5. The van der Waals surface area contributed by atoms with Crippen molar-refractivity contribution in [3.05, 3.63) is 113 Å². The third kappa shape index (κ3) is 12.1. The number of hydrogen-bond donors (Lipinski definition) is 3. The second kappa shape index (κ2) is 22.8. The molecular weight excluding hydrogens is 913 g/mol. The van der Waals surface area contributed by atoms with Crippen LogP contribution in [-0.2, 0) is 54.5 Å². The molecule has 2 aromatic carbocycles. The fourth-order valence-corrected chi connectivity index (χ4v) is 9.87. The molecule has 2 aliphatic rings. The van der Waals surface area contributed by atoms with E-state index in [4.69, 9.17) is 14.5 Å². The summed E-state index contributed by atoms with van der Waals surface area (Å²) in [5.41, 5.74) is 10.2. The number of rotatable bonds is 14. The Balaban J connectivity index is 1.25. The number of hydrogen-bond acceptors (Lipinski definition) is 12. The van der Waals surface area contributed by atoms with E-state index in [2.05, 4.69) is 59.3 Å². The van der Waals surface area contributed by atoms with Crippen LogP contribution in [0.3, 0.4) is 0 Å². The van der Waals surface area contributed by atoms with E-state index in [0.717, 1.165) is 39.0 Å². The van der Waals surface area contributed by atoms with Gasteiger partial charge in [-0.25, -0.2) is 5.43 Å². The molecule has 5 aromatic rings. The normalized spacial score (nSPS) is 18.2. The number of allylic oxidation sites excluding steroid dienone is 1. The van der Waals surface area contributed by atoms with Gasteiger partial charge in [-0.2, -0.15) is 0 Å². The Morgan fingerprint density at radius 1 is 1.03 bits per heavy atom. The van der Waals surface area contributed by atoms with Crippen molar-refractivity contribution >= 4 is 40.4 Å². The van der Waals surface area contributed by atoms with Gasteiger partial charge in [-0.15, -0.1) is 0 Å². The maximum Gasteiger partial charge on any atom is 0.324 e. The average Bonchev–Trinajstić information content (AvgIpc) is 3.65. The summed E-state index contributed by atoms with van der Waals surface area (Å²) in [5, 5.41) is 16.7. The van der Waals surface area contributed by atoms with E-state index in [9.17, 15) is 29.1 Å². The Labute approximate surface area is 422 Å². The molecule has 0 aliphatic carbocycles. The summed E-state index contributed by atoms with van der Waals surface area (Å²) in [6, 6.07) is 15.5. The molecule has 3 amide bonds. The number of ketones is 1. The summed E-state index contributed by atoms with van der Waals surface area (Å²) in [4.78, 5) is 82.4. The predicted molar refractivity (Wildman–Crippen MR) is 277 cm³/mol. The number of aromatic hydroxyl groups is 1. The summed E-state index contributed by atoms with van der Waals surface area (Å²) < 4.78 is 14.2.